The van der Waals surface area contributed by atoms with Gasteiger partial charge in [-0.1, -0.05) is 43.5 Å². The van der Waals surface area contributed by atoms with Crippen LogP contribution in [0.5, 0.6) is 0 Å². The van der Waals surface area contributed by atoms with Crippen LogP contribution in [0.3, 0.4) is 0 Å². The normalized spacial score (nSPS) is 15.6. The van der Waals surface area contributed by atoms with Crippen LogP contribution in [0.1, 0.15) is 43.7 Å². The number of rotatable bonds is 6. The second-order valence-corrected chi connectivity index (χ2v) is 7.73. The van der Waals surface area contributed by atoms with Gasteiger partial charge in [0, 0.05) is 16.6 Å². The molecular weight excluding hydrogens is 389 g/mol. The van der Waals surface area contributed by atoms with Gasteiger partial charge in [0.1, 0.15) is 11.9 Å². The van der Waals surface area contributed by atoms with Crippen molar-refractivity contribution in [2.45, 2.75) is 49.1 Å². The SMILES string of the molecule is NCC(=O)N(c1cccc(F)c1)C(C(=O)NC1CCCCC1)c1ccccc1S. The predicted octanol–water partition coefficient (Wildman–Crippen LogP) is 3.60. The van der Waals surface area contributed by atoms with Crippen molar-refractivity contribution in [1.82, 2.24) is 5.32 Å². The van der Waals surface area contributed by atoms with E-state index in [2.05, 4.69) is 17.9 Å². The van der Waals surface area contributed by atoms with E-state index < -0.39 is 17.8 Å². The van der Waals surface area contributed by atoms with Crippen LogP contribution in [0, 0.1) is 5.82 Å². The molecule has 5 nitrogen and oxygen atoms in total. The maximum Gasteiger partial charge on any atom is 0.248 e. The fourth-order valence-electron chi connectivity index (χ4n) is 3.80. The summed E-state index contributed by atoms with van der Waals surface area (Å²) in [5, 5.41) is 3.09. The van der Waals surface area contributed by atoms with E-state index in [1.165, 1.54) is 23.1 Å². The van der Waals surface area contributed by atoms with Crippen molar-refractivity contribution < 1.29 is 14.0 Å². The zero-order valence-corrected chi connectivity index (χ0v) is 17.1. The lowest BCUT2D eigenvalue weighted by atomic mass is 9.94. The number of anilines is 1. The Balaban J connectivity index is 2.04. The molecule has 2 aromatic carbocycles. The summed E-state index contributed by atoms with van der Waals surface area (Å²) >= 11 is 4.50. The molecule has 0 spiro atoms. The molecule has 0 radical (unpaired) electrons. The number of carbonyl (C=O) groups excluding carboxylic acids is 2. The van der Waals surface area contributed by atoms with Crippen LogP contribution in [-0.4, -0.2) is 24.4 Å². The minimum atomic E-state index is -0.997. The van der Waals surface area contributed by atoms with Crippen LogP contribution in [0.25, 0.3) is 0 Å². The minimum absolute atomic E-state index is 0.0631. The van der Waals surface area contributed by atoms with Crippen LogP contribution in [0.15, 0.2) is 53.4 Å². The van der Waals surface area contributed by atoms with Gasteiger partial charge in [0.15, 0.2) is 0 Å². The summed E-state index contributed by atoms with van der Waals surface area (Å²) in [6, 6.07) is 11.8. The monoisotopic (exact) mass is 415 g/mol. The highest BCUT2D eigenvalue weighted by atomic mass is 32.1. The van der Waals surface area contributed by atoms with E-state index in [-0.39, 0.29) is 24.2 Å². The van der Waals surface area contributed by atoms with E-state index in [4.69, 9.17) is 5.73 Å². The van der Waals surface area contributed by atoms with Gasteiger partial charge < -0.3 is 11.1 Å². The molecule has 2 aromatic rings. The van der Waals surface area contributed by atoms with Crippen molar-refractivity contribution in [3.63, 3.8) is 0 Å². The second kappa shape index (κ2) is 9.89. The Labute approximate surface area is 175 Å². The molecule has 1 saturated carbocycles. The first-order valence-corrected chi connectivity index (χ1v) is 10.3. The average Bonchev–Trinajstić information content (AvgIpc) is 2.73. The summed E-state index contributed by atoms with van der Waals surface area (Å²) < 4.78 is 13.9. The van der Waals surface area contributed by atoms with E-state index in [1.807, 2.05) is 0 Å². The van der Waals surface area contributed by atoms with Gasteiger partial charge in [-0.3, -0.25) is 14.5 Å². The fraction of sp³-hybridized carbons (Fsp3) is 0.364. The van der Waals surface area contributed by atoms with Gasteiger partial charge in [-0.25, -0.2) is 4.39 Å². The highest BCUT2D eigenvalue weighted by molar-refractivity contribution is 7.80. The van der Waals surface area contributed by atoms with Crippen molar-refractivity contribution in [1.29, 1.82) is 0 Å². The van der Waals surface area contributed by atoms with Crippen molar-refractivity contribution >= 4 is 30.1 Å². The minimum Gasteiger partial charge on any atom is -0.351 e. The molecule has 0 saturated heterocycles. The third kappa shape index (κ3) is 5.16. The standard InChI is InChI=1S/C22H26FN3O2S/c23-15-7-6-10-17(13-15)26(20(27)14-24)21(18-11-4-5-12-19(18)29)22(28)25-16-8-2-1-3-9-16/h4-7,10-13,16,21,29H,1-3,8-9,14,24H2,(H,25,28). The molecule has 0 heterocycles. The van der Waals surface area contributed by atoms with Crippen LogP contribution in [0.2, 0.25) is 0 Å². The molecule has 29 heavy (non-hydrogen) atoms. The maximum absolute atomic E-state index is 13.9. The van der Waals surface area contributed by atoms with Gasteiger partial charge in [0.05, 0.1) is 6.54 Å². The quantitative estimate of drug-likeness (QED) is 0.631. The smallest absolute Gasteiger partial charge is 0.248 e. The van der Waals surface area contributed by atoms with Gasteiger partial charge in [-0.15, -0.1) is 12.6 Å². The van der Waals surface area contributed by atoms with Gasteiger partial charge >= 0.3 is 0 Å². The lowest BCUT2D eigenvalue weighted by molar-refractivity contribution is -0.127. The Morgan fingerprint density at radius 2 is 1.86 bits per heavy atom. The zero-order valence-electron chi connectivity index (χ0n) is 16.2. The third-order valence-electron chi connectivity index (χ3n) is 5.22. The molecule has 0 aromatic heterocycles. The van der Waals surface area contributed by atoms with Crippen LogP contribution < -0.4 is 16.0 Å². The first-order valence-electron chi connectivity index (χ1n) is 9.87. The molecule has 1 aliphatic rings. The van der Waals surface area contributed by atoms with E-state index in [0.717, 1.165) is 32.1 Å². The number of benzene rings is 2. The van der Waals surface area contributed by atoms with E-state index in [1.54, 1.807) is 30.3 Å². The molecule has 0 aliphatic heterocycles. The lowest BCUT2D eigenvalue weighted by Crippen LogP contribution is -2.49. The predicted molar refractivity (Wildman–Crippen MR) is 114 cm³/mol. The summed E-state index contributed by atoms with van der Waals surface area (Å²) in [7, 11) is 0. The molecule has 154 valence electrons. The molecule has 1 fully saturated rings. The lowest BCUT2D eigenvalue weighted by Gasteiger charge is -2.33. The summed E-state index contributed by atoms with van der Waals surface area (Å²) in [4.78, 5) is 28.1. The number of hydrogen-bond acceptors (Lipinski definition) is 4. The van der Waals surface area contributed by atoms with Crippen molar-refractivity contribution in [2.24, 2.45) is 5.73 Å². The Bertz CT molecular complexity index is 871. The molecular formula is C22H26FN3O2S. The van der Waals surface area contributed by atoms with Gasteiger partial charge in [0.2, 0.25) is 11.8 Å². The van der Waals surface area contributed by atoms with Gasteiger partial charge in [-0.2, -0.15) is 0 Å². The van der Waals surface area contributed by atoms with Crippen LogP contribution in [0.4, 0.5) is 10.1 Å². The molecule has 3 N–H and O–H groups in total. The number of nitrogens with zero attached hydrogens (tertiary/aromatic N) is 1. The molecule has 1 unspecified atom stereocenters. The Hall–Kier alpha value is -2.38. The highest BCUT2D eigenvalue weighted by Crippen LogP contribution is 2.32. The number of halogens is 1. The number of nitrogens with two attached hydrogens (primary N) is 1. The highest BCUT2D eigenvalue weighted by Gasteiger charge is 2.34. The molecule has 0 bridgehead atoms. The average molecular weight is 416 g/mol. The summed E-state index contributed by atoms with van der Waals surface area (Å²) in [5.41, 5.74) is 6.49. The summed E-state index contributed by atoms with van der Waals surface area (Å²) in [6.07, 6.45) is 5.11. The molecule has 7 heteroatoms. The third-order valence-corrected chi connectivity index (χ3v) is 5.63. The van der Waals surface area contributed by atoms with Crippen molar-refractivity contribution in [2.75, 3.05) is 11.4 Å². The van der Waals surface area contributed by atoms with E-state index >= 15 is 0 Å². The molecule has 1 atom stereocenters. The number of carbonyl (C=O) groups is 2. The first-order chi connectivity index (χ1) is 14.0. The number of hydrogen-bond donors (Lipinski definition) is 3. The second-order valence-electron chi connectivity index (χ2n) is 7.25. The fourth-order valence-corrected chi connectivity index (χ4v) is 4.09. The number of thiol groups is 1. The Morgan fingerprint density at radius 1 is 1.14 bits per heavy atom. The van der Waals surface area contributed by atoms with E-state index in [0.29, 0.717) is 10.5 Å². The largest absolute Gasteiger partial charge is 0.351 e. The zero-order chi connectivity index (χ0) is 20.8. The van der Waals surface area contributed by atoms with Gasteiger partial charge in [0.25, 0.3) is 0 Å². The Morgan fingerprint density at radius 3 is 2.52 bits per heavy atom. The first kappa shape index (κ1) is 21.3. The maximum atomic E-state index is 13.9. The Kier molecular flexibility index (Phi) is 7.28. The van der Waals surface area contributed by atoms with Crippen molar-refractivity contribution in [3.05, 3.63) is 59.9 Å². The number of nitrogens with one attached hydrogen (secondary N) is 1. The van der Waals surface area contributed by atoms with Gasteiger partial charge in [-0.05, 0) is 42.7 Å². The van der Waals surface area contributed by atoms with Crippen LogP contribution >= 0.6 is 12.6 Å². The van der Waals surface area contributed by atoms with Crippen LogP contribution in [-0.2, 0) is 9.59 Å². The topological polar surface area (TPSA) is 75.4 Å². The molecule has 1 aliphatic carbocycles. The molecule has 2 amide bonds. The summed E-state index contributed by atoms with van der Waals surface area (Å²) in [5.74, 6) is -1.29. The van der Waals surface area contributed by atoms with E-state index in [9.17, 15) is 14.0 Å². The summed E-state index contributed by atoms with van der Waals surface area (Å²) in [6.45, 7) is -0.307. The number of amides is 2. The molecule has 3 rings (SSSR count). The van der Waals surface area contributed by atoms with Crippen molar-refractivity contribution in [3.8, 4) is 0 Å².